The van der Waals surface area contributed by atoms with Gasteiger partial charge in [-0.1, -0.05) is 210 Å². The van der Waals surface area contributed by atoms with Crippen LogP contribution < -0.4 is 0 Å². The number of carbonyl (C=O) groups is 3. The third-order valence-electron chi connectivity index (χ3n) is 10.5. The normalized spacial score (nSPS) is 12.5. The van der Waals surface area contributed by atoms with Crippen molar-refractivity contribution >= 4 is 17.9 Å². The lowest BCUT2D eigenvalue weighted by atomic mass is 10.1. The summed E-state index contributed by atoms with van der Waals surface area (Å²) in [5, 5.41) is 0. The first-order chi connectivity index (χ1) is 29.0. The van der Waals surface area contributed by atoms with Gasteiger partial charge in [-0.15, -0.1) is 0 Å². The van der Waals surface area contributed by atoms with Gasteiger partial charge in [-0.25, -0.2) is 0 Å². The Morgan fingerprint density at radius 1 is 0.373 bits per heavy atom. The maximum atomic E-state index is 12.7. The first-order valence-corrected chi connectivity index (χ1v) is 24.8. The molecular formula is C53H92O6. The summed E-state index contributed by atoms with van der Waals surface area (Å²) in [6, 6.07) is 0. The van der Waals surface area contributed by atoms with Gasteiger partial charge in [-0.2, -0.15) is 0 Å². The van der Waals surface area contributed by atoms with E-state index in [-0.39, 0.29) is 31.1 Å². The highest BCUT2D eigenvalue weighted by molar-refractivity contribution is 5.71. The highest BCUT2D eigenvalue weighted by Crippen LogP contribution is 2.15. The number of esters is 3. The molecule has 0 spiro atoms. The fraction of sp³-hybridized carbons (Fsp3) is 0.755. The van der Waals surface area contributed by atoms with Gasteiger partial charge < -0.3 is 14.2 Å². The average molecular weight is 825 g/mol. The Hall–Kier alpha value is -2.89. The van der Waals surface area contributed by atoms with E-state index in [9.17, 15) is 14.4 Å². The molecule has 0 aromatic rings. The second-order valence-electron chi connectivity index (χ2n) is 16.4. The zero-order chi connectivity index (χ0) is 43.0. The minimum absolute atomic E-state index is 0.0851. The van der Waals surface area contributed by atoms with Gasteiger partial charge in [0.1, 0.15) is 13.2 Å². The van der Waals surface area contributed by atoms with Gasteiger partial charge in [0, 0.05) is 19.3 Å². The zero-order valence-electron chi connectivity index (χ0n) is 38.8. The molecule has 0 radical (unpaired) electrons. The van der Waals surface area contributed by atoms with Crippen molar-refractivity contribution in [2.24, 2.45) is 0 Å². The summed E-state index contributed by atoms with van der Waals surface area (Å²) in [6.07, 6.45) is 57.8. The third-order valence-corrected chi connectivity index (χ3v) is 10.5. The lowest BCUT2D eigenvalue weighted by molar-refractivity contribution is -0.167. The van der Waals surface area contributed by atoms with Gasteiger partial charge in [0.15, 0.2) is 6.10 Å². The predicted molar refractivity (Wildman–Crippen MR) is 251 cm³/mol. The van der Waals surface area contributed by atoms with Gasteiger partial charge in [0.2, 0.25) is 0 Å². The van der Waals surface area contributed by atoms with Crippen LogP contribution in [-0.4, -0.2) is 37.2 Å². The van der Waals surface area contributed by atoms with Crippen molar-refractivity contribution < 1.29 is 28.6 Å². The van der Waals surface area contributed by atoms with Crippen LogP contribution in [0.1, 0.15) is 239 Å². The Kier molecular flexibility index (Phi) is 45.4. The molecule has 1 atom stereocenters. The Morgan fingerprint density at radius 3 is 1.20 bits per heavy atom. The van der Waals surface area contributed by atoms with E-state index in [4.69, 9.17) is 14.2 Å². The average Bonchev–Trinajstić information content (AvgIpc) is 3.23. The molecule has 0 amide bonds. The predicted octanol–water partition coefficient (Wildman–Crippen LogP) is 16.1. The van der Waals surface area contributed by atoms with Crippen LogP contribution in [-0.2, 0) is 28.6 Å². The van der Waals surface area contributed by atoms with Crippen LogP contribution in [0.25, 0.3) is 0 Å². The van der Waals surface area contributed by atoms with Crippen molar-refractivity contribution in [2.45, 2.75) is 245 Å². The first-order valence-electron chi connectivity index (χ1n) is 24.8. The molecule has 6 nitrogen and oxygen atoms in total. The van der Waals surface area contributed by atoms with Crippen molar-refractivity contribution in [1.82, 2.24) is 0 Å². The van der Waals surface area contributed by atoms with Crippen LogP contribution in [0.5, 0.6) is 0 Å². The van der Waals surface area contributed by atoms with E-state index < -0.39 is 6.10 Å². The summed E-state index contributed by atoms with van der Waals surface area (Å²) in [6.45, 7) is 6.44. The molecule has 0 saturated heterocycles. The summed E-state index contributed by atoms with van der Waals surface area (Å²) in [4.78, 5) is 37.8. The largest absolute Gasteiger partial charge is 0.462 e. The summed E-state index contributed by atoms with van der Waals surface area (Å²) in [5.74, 6) is -0.918. The molecule has 6 heteroatoms. The van der Waals surface area contributed by atoms with Crippen molar-refractivity contribution in [3.05, 3.63) is 60.8 Å². The molecule has 0 aliphatic carbocycles. The van der Waals surface area contributed by atoms with Crippen molar-refractivity contribution in [3.8, 4) is 0 Å². The van der Waals surface area contributed by atoms with Gasteiger partial charge in [-0.05, 0) is 70.6 Å². The molecule has 0 aliphatic heterocycles. The Morgan fingerprint density at radius 2 is 0.729 bits per heavy atom. The summed E-state index contributed by atoms with van der Waals surface area (Å²) in [5.41, 5.74) is 0. The maximum Gasteiger partial charge on any atom is 0.306 e. The minimum atomic E-state index is -0.786. The lowest BCUT2D eigenvalue weighted by Gasteiger charge is -2.18. The number of ether oxygens (including phenoxy) is 3. The van der Waals surface area contributed by atoms with Gasteiger partial charge in [0.05, 0.1) is 0 Å². The van der Waals surface area contributed by atoms with E-state index in [1.54, 1.807) is 0 Å². The summed E-state index contributed by atoms with van der Waals surface area (Å²) in [7, 11) is 0. The minimum Gasteiger partial charge on any atom is -0.462 e. The quantitative estimate of drug-likeness (QED) is 0.0200. The number of rotatable bonds is 44. The molecule has 0 bridgehead atoms. The van der Waals surface area contributed by atoms with Crippen LogP contribution in [0.4, 0.5) is 0 Å². The Bertz CT molecular complexity index is 1090. The molecule has 0 N–H and O–H groups in total. The molecule has 0 aliphatic rings. The van der Waals surface area contributed by atoms with E-state index in [1.807, 2.05) is 0 Å². The van der Waals surface area contributed by atoms with E-state index in [0.717, 1.165) is 89.9 Å². The number of hydrogen-bond acceptors (Lipinski definition) is 6. The number of hydrogen-bond donors (Lipinski definition) is 0. The van der Waals surface area contributed by atoms with Crippen LogP contribution >= 0.6 is 0 Å². The second-order valence-corrected chi connectivity index (χ2v) is 16.4. The summed E-state index contributed by atoms with van der Waals surface area (Å²) >= 11 is 0. The molecule has 1 unspecified atom stereocenters. The number of unbranched alkanes of at least 4 members (excludes halogenated alkanes) is 24. The van der Waals surface area contributed by atoms with Crippen LogP contribution in [0.2, 0.25) is 0 Å². The first kappa shape index (κ1) is 56.1. The molecule has 59 heavy (non-hydrogen) atoms. The van der Waals surface area contributed by atoms with Crippen LogP contribution in [0.15, 0.2) is 60.8 Å². The molecule has 340 valence electrons. The van der Waals surface area contributed by atoms with Gasteiger partial charge in [0.25, 0.3) is 0 Å². The maximum absolute atomic E-state index is 12.7. The van der Waals surface area contributed by atoms with Crippen LogP contribution in [0.3, 0.4) is 0 Å². The fourth-order valence-electron chi connectivity index (χ4n) is 6.79. The zero-order valence-corrected chi connectivity index (χ0v) is 38.8. The van der Waals surface area contributed by atoms with Crippen molar-refractivity contribution in [1.29, 1.82) is 0 Å². The molecule has 0 fully saturated rings. The van der Waals surface area contributed by atoms with Gasteiger partial charge in [-0.3, -0.25) is 14.4 Å². The van der Waals surface area contributed by atoms with Gasteiger partial charge >= 0.3 is 17.9 Å². The highest BCUT2D eigenvalue weighted by atomic mass is 16.6. The molecule has 0 aromatic heterocycles. The summed E-state index contributed by atoms with van der Waals surface area (Å²) < 4.78 is 16.7. The van der Waals surface area contributed by atoms with Crippen LogP contribution in [0, 0.1) is 0 Å². The molecule has 0 saturated carbocycles. The van der Waals surface area contributed by atoms with Crippen molar-refractivity contribution in [3.63, 3.8) is 0 Å². The van der Waals surface area contributed by atoms with Crippen molar-refractivity contribution in [2.75, 3.05) is 13.2 Å². The van der Waals surface area contributed by atoms with E-state index in [1.165, 1.54) is 109 Å². The number of allylic oxidation sites excluding steroid dienone is 10. The SMILES string of the molecule is CC/C=C\C/C=C\C/C=C\CCCCCCCCCCCC(=O)OCC(COC(=O)CCCCCCCCCCCCC)OC(=O)CCCCC/C=C\C=C/CCCC. The molecular weight excluding hydrogens is 733 g/mol. The Labute approximate surface area is 364 Å². The fourth-order valence-corrected chi connectivity index (χ4v) is 6.79. The molecule has 0 aromatic carbocycles. The Balaban J connectivity index is 4.33. The standard InChI is InChI=1S/C53H92O6/c1-4-7-10-13-16-19-22-23-24-25-26-27-28-29-32-34-37-40-43-46-52(55)58-49-50(59-53(56)47-44-41-38-35-31-21-18-15-12-9-6-3)48-57-51(54)45-42-39-36-33-30-20-17-14-11-8-5-2/h7,10,15-16,18-19,21,23-24,31,50H,4-6,8-9,11-14,17,20,22,25-30,32-49H2,1-3H3/b10-7-,18-15-,19-16-,24-23-,31-21-. The molecule has 0 heterocycles. The topological polar surface area (TPSA) is 78.9 Å². The lowest BCUT2D eigenvalue weighted by Crippen LogP contribution is -2.30. The smallest absolute Gasteiger partial charge is 0.306 e. The van der Waals surface area contributed by atoms with E-state index in [0.29, 0.717) is 19.3 Å². The second kappa shape index (κ2) is 47.8. The van der Waals surface area contributed by atoms with E-state index in [2.05, 4.69) is 81.5 Å². The molecule has 0 rings (SSSR count). The highest BCUT2D eigenvalue weighted by Gasteiger charge is 2.19. The number of carbonyl (C=O) groups excluding carboxylic acids is 3. The van der Waals surface area contributed by atoms with E-state index >= 15 is 0 Å². The monoisotopic (exact) mass is 825 g/mol. The third kappa shape index (κ3) is 46.0.